The molecule has 5 rings (SSSR count). The second kappa shape index (κ2) is 11.2. The van der Waals surface area contributed by atoms with Crippen molar-refractivity contribution in [2.75, 3.05) is 26.2 Å². The first-order valence-corrected chi connectivity index (χ1v) is 13.3. The second-order valence-corrected chi connectivity index (χ2v) is 9.94. The normalized spacial score (nSPS) is 20.2. The smallest absolute Gasteiger partial charge is 0.263 e. The summed E-state index contributed by atoms with van der Waals surface area (Å²) in [6.07, 6.45) is 0.825. The monoisotopic (exact) mass is 497 g/mol. The fraction of sp³-hybridized carbons (Fsp3) is 0.355. The van der Waals surface area contributed by atoms with Crippen LogP contribution in [0.3, 0.4) is 0 Å². The summed E-state index contributed by atoms with van der Waals surface area (Å²) in [6.45, 7) is 6.90. The number of hydrogen-bond acceptors (Lipinski definition) is 4. The maximum absolute atomic E-state index is 13.6. The summed E-state index contributed by atoms with van der Waals surface area (Å²) in [6, 6.07) is 25.7. The Morgan fingerprint density at radius 1 is 1.00 bits per heavy atom. The number of amides is 2. The van der Waals surface area contributed by atoms with Gasteiger partial charge in [0.1, 0.15) is 5.75 Å². The number of rotatable bonds is 6. The molecule has 2 amide bonds. The topological polar surface area (TPSA) is 61.9 Å². The summed E-state index contributed by atoms with van der Waals surface area (Å²) in [5, 5.41) is 3.39. The number of carbonyl (C=O) groups is 2. The van der Waals surface area contributed by atoms with E-state index in [1.165, 1.54) is 5.56 Å². The minimum atomic E-state index is -0.538. The first-order valence-electron chi connectivity index (χ1n) is 13.3. The van der Waals surface area contributed by atoms with Gasteiger partial charge in [-0.1, -0.05) is 61.5 Å². The molecule has 37 heavy (non-hydrogen) atoms. The number of nitrogens with zero attached hydrogens (tertiary/aromatic N) is 2. The van der Waals surface area contributed by atoms with Gasteiger partial charge in [0.05, 0.1) is 6.04 Å². The summed E-state index contributed by atoms with van der Waals surface area (Å²) < 4.78 is 6.33. The quantitative estimate of drug-likeness (QED) is 0.547. The molecular weight excluding hydrogens is 462 g/mol. The van der Waals surface area contributed by atoms with Crippen LogP contribution in [0.5, 0.6) is 5.75 Å². The molecule has 3 unspecified atom stereocenters. The average Bonchev–Trinajstić information content (AvgIpc) is 2.95. The maximum atomic E-state index is 13.6. The molecule has 0 spiro atoms. The highest BCUT2D eigenvalue weighted by Gasteiger charge is 2.34. The molecule has 0 radical (unpaired) electrons. The molecule has 3 aromatic carbocycles. The molecule has 2 aliphatic heterocycles. The van der Waals surface area contributed by atoms with Crippen LogP contribution in [-0.4, -0.2) is 59.9 Å². The largest absolute Gasteiger partial charge is 0.481 e. The van der Waals surface area contributed by atoms with Gasteiger partial charge in [0.2, 0.25) is 0 Å². The lowest BCUT2D eigenvalue weighted by Gasteiger charge is -2.38. The number of benzene rings is 3. The van der Waals surface area contributed by atoms with E-state index < -0.39 is 6.10 Å². The molecular formula is C31H35N3O3. The summed E-state index contributed by atoms with van der Waals surface area (Å²) in [5.41, 5.74) is 4.00. The van der Waals surface area contributed by atoms with Crippen LogP contribution in [0, 0.1) is 0 Å². The maximum Gasteiger partial charge on any atom is 0.263 e. The third kappa shape index (κ3) is 5.39. The Kier molecular flexibility index (Phi) is 7.56. The molecule has 1 fully saturated rings. The van der Waals surface area contributed by atoms with Crippen molar-refractivity contribution in [1.82, 2.24) is 15.1 Å². The molecule has 6 heteroatoms. The highest BCUT2D eigenvalue weighted by Crippen LogP contribution is 2.38. The van der Waals surface area contributed by atoms with Crippen molar-refractivity contribution in [3.63, 3.8) is 0 Å². The van der Waals surface area contributed by atoms with Crippen LogP contribution < -0.4 is 10.1 Å². The Labute approximate surface area is 219 Å². The van der Waals surface area contributed by atoms with E-state index in [4.69, 9.17) is 4.74 Å². The van der Waals surface area contributed by atoms with Crippen molar-refractivity contribution < 1.29 is 14.3 Å². The Morgan fingerprint density at radius 2 is 1.73 bits per heavy atom. The summed E-state index contributed by atoms with van der Waals surface area (Å²) in [7, 11) is 0. The zero-order chi connectivity index (χ0) is 25.8. The van der Waals surface area contributed by atoms with Gasteiger partial charge in [-0.2, -0.15) is 0 Å². The summed E-state index contributed by atoms with van der Waals surface area (Å²) in [5.74, 6) is 0.715. The summed E-state index contributed by atoms with van der Waals surface area (Å²) in [4.78, 5) is 30.8. The predicted octanol–water partition coefficient (Wildman–Crippen LogP) is 4.45. The molecule has 2 heterocycles. The van der Waals surface area contributed by atoms with Gasteiger partial charge >= 0.3 is 0 Å². The number of piperazine rings is 1. The first-order chi connectivity index (χ1) is 18.0. The lowest BCUT2D eigenvalue weighted by Crippen LogP contribution is -2.54. The Hall–Kier alpha value is -3.64. The van der Waals surface area contributed by atoms with Crippen molar-refractivity contribution in [3.8, 4) is 5.75 Å². The fourth-order valence-corrected chi connectivity index (χ4v) is 5.44. The minimum absolute atomic E-state index is 0.0147. The number of nitrogens with one attached hydrogen (secondary N) is 1. The van der Waals surface area contributed by atoms with Crippen LogP contribution >= 0.6 is 0 Å². The van der Waals surface area contributed by atoms with E-state index in [9.17, 15) is 9.59 Å². The van der Waals surface area contributed by atoms with Gasteiger partial charge in [-0.3, -0.25) is 9.59 Å². The Bertz CT molecular complexity index is 1230. The zero-order valence-corrected chi connectivity index (χ0v) is 21.6. The van der Waals surface area contributed by atoms with Gasteiger partial charge < -0.3 is 19.9 Å². The SMILES string of the molecule is CCC(Oc1ccc2c(c1)C(c1ccccc1)N(C(=O)c1ccccc1)CC2)C(=O)N1CCNC(C)C1. The first kappa shape index (κ1) is 25.0. The van der Waals surface area contributed by atoms with Gasteiger partial charge in [-0.25, -0.2) is 0 Å². The van der Waals surface area contributed by atoms with Crippen LogP contribution in [0.4, 0.5) is 0 Å². The molecule has 0 aliphatic carbocycles. The third-order valence-electron chi connectivity index (χ3n) is 7.35. The van der Waals surface area contributed by atoms with E-state index >= 15 is 0 Å². The number of ether oxygens (including phenoxy) is 1. The van der Waals surface area contributed by atoms with Gasteiger partial charge in [-0.15, -0.1) is 0 Å². The van der Waals surface area contributed by atoms with Crippen molar-refractivity contribution in [2.45, 2.75) is 44.9 Å². The minimum Gasteiger partial charge on any atom is -0.481 e. The van der Waals surface area contributed by atoms with E-state index in [1.54, 1.807) is 0 Å². The molecule has 1 saturated heterocycles. The molecule has 3 aromatic rings. The van der Waals surface area contributed by atoms with E-state index in [-0.39, 0.29) is 23.9 Å². The van der Waals surface area contributed by atoms with Crippen LogP contribution in [0.15, 0.2) is 78.9 Å². The molecule has 6 nitrogen and oxygen atoms in total. The van der Waals surface area contributed by atoms with Crippen molar-refractivity contribution in [2.24, 2.45) is 0 Å². The van der Waals surface area contributed by atoms with E-state index in [0.717, 1.165) is 24.1 Å². The van der Waals surface area contributed by atoms with Crippen molar-refractivity contribution >= 4 is 11.8 Å². The molecule has 2 aliphatic rings. The lowest BCUT2D eigenvalue weighted by molar-refractivity contribution is -0.140. The summed E-state index contributed by atoms with van der Waals surface area (Å²) >= 11 is 0. The molecule has 0 aromatic heterocycles. The highest BCUT2D eigenvalue weighted by atomic mass is 16.5. The average molecular weight is 498 g/mol. The van der Waals surface area contributed by atoms with Gasteiger partial charge in [0.15, 0.2) is 6.10 Å². The van der Waals surface area contributed by atoms with E-state index in [2.05, 4.69) is 30.4 Å². The second-order valence-electron chi connectivity index (χ2n) is 9.94. The molecule has 0 saturated carbocycles. The van der Waals surface area contributed by atoms with Crippen molar-refractivity contribution in [1.29, 1.82) is 0 Å². The lowest BCUT2D eigenvalue weighted by atomic mass is 9.87. The number of carbonyl (C=O) groups excluding carboxylic acids is 2. The van der Waals surface area contributed by atoms with Crippen LogP contribution in [0.25, 0.3) is 0 Å². The number of hydrogen-bond donors (Lipinski definition) is 1. The Balaban J connectivity index is 1.45. The van der Waals surface area contributed by atoms with E-state index in [1.807, 2.05) is 77.4 Å². The Morgan fingerprint density at radius 3 is 2.43 bits per heavy atom. The highest BCUT2D eigenvalue weighted by molar-refractivity contribution is 5.95. The van der Waals surface area contributed by atoms with Crippen LogP contribution in [-0.2, 0) is 11.2 Å². The van der Waals surface area contributed by atoms with E-state index in [0.29, 0.717) is 37.4 Å². The predicted molar refractivity (Wildman–Crippen MR) is 145 cm³/mol. The third-order valence-corrected chi connectivity index (χ3v) is 7.35. The zero-order valence-electron chi connectivity index (χ0n) is 21.6. The molecule has 192 valence electrons. The molecule has 3 atom stereocenters. The van der Waals surface area contributed by atoms with Crippen molar-refractivity contribution in [3.05, 3.63) is 101 Å². The van der Waals surface area contributed by atoms with Gasteiger partial charge in [0.25, 0.3) is 11.8 Å². The molecule has 1 N–H and O–H groups in total. The standard InChI is InChI=1S/C31H35N3O3/c1-3-28(31(36)33-19-17-32-22(2)21-33)37-26-15-14-23-16-18-34(30(35)25-12-8-5-9-13-25)29(27(23)20-26)24-10-6-4-7-11-24/h4-15,20,22,28-29,32H,3,16-19,21H2,1-2H3. The van der Waals surface area contributed by atoms with Crippen LogP contribution in [0.1, 0.15) is 53.4 Å². The van der Waals surface area contributed by atoms with Gasteiger partial charge in [0, 0.05) is 37.8 Å². The fourth-order valence-electron chi connectivity index (χ4n) is 5.44. The number of fused-ring (bicyclic) bond motifs is 1. The van der Waals surface area contributed by atoms with Gasteiger partial charge in [-0.05, 0) is 60.7 Å². The molecule has 0 bridgehead atoms. The van der Waals surface area contributed by atoms with Crippen LogP contribution in [0.2, 0.25) is 0 Å².